The molecule has 0 aliphatic heterocycles. The van der Waals surface area contributed by atoms with Gasteiger partial charge in [0.2, 0.25) is 0 Å². The molecule has 23 heavy (non-hydrogen) atoms. The van der Waals surface area contributed by atoms with Crippen molar-refractivity contribution < 1.29 is 4.79 Å². The lowest BCUT2D eigenvalue weighted by molar-refractivity contribution is 0.0944. The van der Waals surface area contributed by atoms with E-state index in [0.717, 1.165) is 6.42 Å². The van der Waals surface area contributed by atoms with Crippen LogP contribution in [0.3, 0.4) is 0 Å². The fourth-order valence-electron chi connectivity index (χ4n) is 2.31. The van der Waals surface area contributed by atoms with Crippen molar-refractivity contribution in [3.63, 3.8) is 0 Å². The quantitative estimate of drug-likeness (QED) is 0.693. The van der Waals surface area contributed by atoms with Crippen molar-refractivity contribution >= 4 is 57.6 Å². The average Bonchev–Trinajstić information content (AvgIpc) is 2.84. The number of carbonyl (C=O) groups excluding carboxylic acids is 1. The summed E-state index contributed by atoms with van der Waals surface area (Å²) in [6.45, 7) is 3.92. The number of nitrogens with one attached hydrogen (secondary N) is 2. The molecule has 1 aromatic carbocycles. The van der Waals surface area contributed by atoms with Gasteiger partial charge in [0.15, 0.2) is 3.95 Å². The summed E-state index contributed by atoms with van der Waals surface area (Å²) in [5, 5.41) is 3.81. The summed E-state index contributed by atoms with van der Waals surface area (Å²) in [7, 11) is 0. The second-order valence-electron chi connectivity index (χ2n) is 5.28. The monoisotopic (exact) mass is 367 g/mol. The van der Waals surface area contributed by atoms with Gasteiger partial charge in [0.05, 0.1) is 10.9 Å². The summed E-state index contributed by atoms with van der Waals surface area (Å²) in [5.74, 6) is -0.234. The standard InChI is InChI=1S/C15H14ClN3O2S2/c1-3-7(2)17-14(21)11-12-18-13(20)9-6-8(16)4-5-10(9)19(12)15(22)23-11/h4-7H,3H2,1-2H3,(H,17,21)(H,18,20)/t7-/m0/s1. The number of aromatic nitrogens is 2. The molecule has 2 N–H and O–H groups in total. The summed E-state index contributed by atoms with van der Waals surface area (Å²) < 4.78 is 2.20. The van der Waals surface area contributed by atoms with Crippen molar-refractivity contribution in [2.75, 3.05) is 0 Å². The third kappa shape index (κ3) is 2.80. The zero-order valence-electron chi connectivity index (χ0n) is 12.5. The Morgan fingerprint density at radius 3 is 2.96 bits per heavy atom. The zero-order chi connectivity index (χ0) is 16.7. The molecule has 5 nitrogen and oxygen atoms in total. The van der Waals surface area contributed by atoms with Crippen molar-refractivity contribution in [3.8, 4) is 0 Å². The van der Waals surface area contributed by atoms with E-state index in [1.807, 2.05) is 13.8 Å². The van der Waals surface area contributed by atoms with Crippen LogP contribution in [0, 0.1) is 3.95 Å². The predicted molar refractivity (Wildman–Crippen MR) is 96.5 cm³/mol. The summed E-state index contributed by atoms with van der Waals surface area (Å²) >= 11 is 12.5. The third-order valence-electron chi connectivity index (χ3n) is 3.68. The summed E-state index contributed by atoms with van der Waals surface area (Å²) in [4.78, 5) is 27.9. The fourth-order valence-corrected chi connectivity index (χ4v) is 3.77. The Balaban J connectivity index is 2.30. The van der Waals surface area contributed by atoms with Crippen molar-refractivity contribution in [2.24, 2.45) is 0 Å². The second kappa shape index (κ2) is 6.07. The van der Waals surface area contributed by atoms with Gasteiger partial charge >= 0.3 is 0 Å². The van der Waals surface area contributed by atoms with Crippen LogP contribution in [0.15, 0.2) is 23.0 Å². The van der Waals surface area contributed by atoms with Crippen LogP contribution in [0.2, 0.25) is 5.02 Å². The Bertz CT molecular complexity index is 1030. The number of nitrogens with zero attached hydrogens (tertiary/aromatic N) is 1. The van der Waals surface area contributed by atoms with Crippen molar-refractivity contribution in [3.05, 3.63) is 42.4 Å². The van der Waals surface area contributed by atoms with Crippen LogP contribution in [0.5, 0.6) is 0 Å². The average molecular weight is 368 g/mol. The molecule has 2 aromatic heterocycles. The van der Waals surface area contributed by atoms with Crippen molar-refractivity contribution in [1.82, 2.24) is 14.7 Å². The van der Waals surface area contributed by atoms with E-state index in [-0.39, 0.29) is 17.5 Å². The van der Waals surface area contributed by atoms with Crippen LogP contribution in [0.25, 0.3) is 16.6 Å². The van der Waals surface area contributed by atoms with Crippen LogP contribution in [0.4, 0.5) is 0 Å². The number of carbonyl (C=O) groups is 1. The van der Waals surface area contributed by atoms with E-state index in [1.54, 1.807) is 22.6 Å². The number of amides is 1. The van der Waals surface area contributed by atoms with Crippen molar-refractivity contribution in [2.45, 2.75) is 26.3 Å². The van der Waals surface area contributed by atoms with Gasteiger partial charge in [-0.05, 0) is 43.8 Å². The van der Waals surface area contributed by atoms with E-state index >= 15 is 0 Å². The lowest BCUT2D eigenvalue weighted by Gasteiger charge is -2.10. The number of rotatable bonds is 3. The second-order valence-corrected chi connectivity index (χ2v) is 7.36. The lowest BCUT2D eigenvalue weighted by atomic mass is 10.2. The molecular formula is C15H14ClN3O2S2. The van der Waals surface area contributed by atoms with E-state index in [4.69, 9.17) is 23.8 Å². The Morgan fingerprint density at radius 1 is 1.52 bits per heavy atom. The van der Waals surface area contributed by atoms with Crippen LogP contribution in [-0.2, 0) is 0 Å². The highest BCUT2D eigenvalue weighted by atomic mass is 35.5. The first kappa shape index (κ1) is 16.2. The normalized spacial score (nSPS) is 12.7. The molecular weight excluding hydrogens is 354 g/mol. The smallest absolute Gasteiger partial charge is 0.265 e. The van der Waals surface area contributed by atoms with Crippen LogP contribution >= 0.6 is 35.2 Å². The Labute approximate surface area is 145 Å². The molecule has 0 bridgehead atoms. The first-order valence-corrected chi connectivity index (χ1v) is 8.70. The molecule has 1 atom stereocenters. The molecule has 2 heterocycles. The zero-order valence-corrected chi connectivity index (χ0v) is 14.9. The van der Waals surface area contributed by atoms with E-state index in [1.165, 1.54) is 11.3 Å². The summed E-state index contributed by atoms with van der Waals surface area (Å²) in [6, 6.07) is 5.07. The molecule has 0 aliphatic carbocycles. The maximum absolute atomic E-state index is 12.4. The Hall–Kier alpha value is -1.70. The summed E-state index contributed by atoms with van der Waals surface area (Å²) in [6.07, 6.45) is 0.820. The first-order valence-electron chi connectivity index (χ1n) is 7.10. The highest BCUT2D eigenvalue weighted by molar-refractivity contribution is 7.73. The fraction of sp³-hybridized carbons (Fsp3) is 0.267. The number of thiazole rings is 1. The van der Waals surface area contributed by atoms with Gasteiger partial charge in [-0.1, -0.05) is 29.9 Å². The molecule has 0 unspecified atom stereocenters. The summed E-state index contributed by atoms with van der Waals surface area (Å²) in [5.41, 5.74) is 0.755. The molecule has 0 saturated carbocycles. The number of H-pyrrole nitrogens is 1. The SMILES string of the molecule is CC[C@H](C)NC(=O)c1sc(=S)n2c1[nH]c(=O)c1cc(Cl)ccc12. The molecule has 120 valence electrons. The number of benzene rings is 1. The highest BCUT2D eigenvalue weighted by Gasteiger charge is 2.19. The number of halogens is 1. The molecule has 0 radical (unpaired) electrons. The highest BCUT2D eigenvalue weighted by Crippen LogP contribution is 2.24. The van der Waals surface area contributed by atoms with Gasteiger partial charge in [-0.3, -0.25) is 14.0 Å². The minimum absolute atomic E-state index is 0.0456. The van der Waals surface area contributed by atoms with Crippen LogP contribution in [-0.4, -0.2) is 21.3 Å². The van der Waals surface area contributed by atoms with Gasteiger partial charge in [-0.25, -0.2) is 0 Å². The van der Waals surface area contributed by atoms with Gasteiger partial charge in [0.25, 0.3) is 11.5 Å². The molecule has 1 amide bonds. The largest absolute Gasteiger partial charge is 0.349 e. The van der Waals surface area contributed by atoms with Gasteiger partial charge in [0, 0.05) is 11.1 Å². The van der Waals surface area contributed by atoms with E-state index in [2.05, 4.69) is 10.3 Å². The van der Waals surface area contributed by atoms with Gasteiger partial charge < -0.3 is 10.3 Å². The lowest BCUT2D eigenvalue weighted by Crippen LogP contribution is -2.31. The minimum Gasteiger partial charge on any atom is -0.349 e. The number of hydrogen-bond donors (Lipinski definition) is 2. The molecule has 0 spiro atoms. The Kier molecular flexibility index (Phi) is 4.27. The Morgan fingerprint density at radius 2 is 2.26 bits per heavy atom. The van der Waals surface area contributed by atoms with Gasteiger partial charge in [-0.2, -0.15) is 0 Å². The molecule has 3 rings (SSSR count). The van der Waals surface area contributed by atoms with E-state index in [9.17, 15) is 9.59 Å². The van der Waals surface area contributed by atoms with E-state index < -0.39 is 0 Å². The maximum atomic E-state index is 12.4. The first-order chi connectivity index (χ1) is 10.9. The van der Waals surface area contributed by atoms with Gasteiger partial charge in [0.1, 0.15) is 10.5 Å². The molecule has 8 heteroatoms. The molecule has 3 aromatic rings. The minimum atomic E-state index is -0.298. The third-order valence-corrected chi connectivity index (χ3v) is 5.29. The van der Waals surface area contributed by atoms with Crippen LogP contribution in [0.1, 0.15) is 29.9 Å². The number of fused-ring (bicyclic) bond motifs is 3. The molecule has 0 aliphatic rings. The topological polar surface area (TPSA) is 66.4 Å². The van der Waals surface area contributed by atoms with Gasteiger partial charge in [-0.15, -0.1) is 0 Å². The number of hydrogen-bond acceptors (Lipinski definition) is 4. The predicted octanol–water partition coefficient (Wildman–Crippen LogP) is 3.75. The molecule has 0 saturated heterocycles. The van der Waals surface area contributed by atoms with Crippen LogP contribution < -0.4 is 10.9 Å². The van der Waals surface area contributed by atoms with Crippen molar-refractivity contribution in [1.29, 1.82) is 0 Å². The maximum Gasteiger partial charge on any atom is 0.265 e. The van der Waals surface area contributed by atoms with E-state index in [0.29, 0.717) is 30.4 Å². The number of aromatic amines is 1. The molecule has 0 fully saturated rings.